The summed E-state index contributed by atoms with van der Waals surface area (Å²) in [4.78, 5) is 14.6. The molecule has 0 spiro atoms. The van der Waals surface area contributed by atoms with Gasteiger partial charge in [0, 0.05) is 27.1 Å². The van der Waals surface area contributed by atoms with Gasteiger partial charge in [-0.2, -0.15) is 0 Å². The lowest BCUT2D eigenvalue weighted by atomic mass is 10.2. The van der Waals surface area contributed by atoms with Crippen LogP contribution in [0.2, 0.25) is 0 Å². The van der Waals surface area contributed by atoms with Crippen LogP contribution in [0, 0.1) is 0 Å². The second-order valence-corrected chi connectivity index (χ2v) is 6.87. The molecule has 2 rings (SSSR count). The van der Waals surface area contributed by atoms with Crippen molar-refractivity contribution < 1.29 is 4.79 Å². The number of carbonyl (C=O) groups excluding carboxylic acids is 1. The zero-order valence-corrected chi connectivity index (χ0v) is 14.1. The molecule has 3 nitrogen and oxygen atoms in total. The summed E-state index contributed by atoms with van der Waals surface area (Å²) in [5.74, 6) is -0.0197. The summed E-state index contributed by atoms with van der Waals surface area (Å²) in [7, 11) is 0. The Bertz CT molecular complexity index is 439. The second kappa shape index (κ2) is 6.86. The van der Waals surface area contributed by atoms with Crippen molar-refractivity contribution in [3.8, 4) is 0 Å². The van der Waals surface area contributed by atoms with Crippen LogP contribution in [0.5, 0.6) is 0 Å². The van der Waals surface area contributed by atoms with Crippen LogP contribution in [0.25, 0.3) is 0 Å². The number of hydrogen-bond donors (Lipinski definition) is 1. The molecule has 1 aliphatic rings. The number of rotatable bonds is 4. The van der Waals surface area contributed by atoms with Crippen molar-refractivity contribution in [2.24, 2.45) is 0 Å². The molecule has 0 bridgehead atoms. The quantitative estimate of drug-likeness (QED) is 0.855. The average Bonchev–Trinajstić information content (AvgIpc) is 2.80. The van der Waals surface area contributed by atoms with Crippen LogP contribution in [0.1, 0.15) is 30.1 Å². The third-order valence-corrected chi connectivity index (χ3v) is 4.15. The van der Waals surface area contributed by atoms with Gasteiger partial charge in [0.25, 0.3) is 5.91 Å². The fourth-order valence-electron chi connectivity index (χ4n) is 2.39. The molecule has 0 aromatic heterocycles. The first-order valence-corrected chi connectivity index (χ1v) is 8.12. The normalized spacial score (nSPS) is 17.4. The molecule has 1 aromatic rings. The summed E-state index contributed by atoms with van der Waals surface area (Å²) >= 11 is 6.80. The molecule has 1 aliphatic heterocycles. The summed E-state index contributed by atoms with van der Waals surface area (Å²) in [5, 5.41) is 3.06. The summed E-state index contributed by atoms with van der Waals surface area (Å²) in [6.07, 6.45) is 2.55. The largest absolute Gasteiger partial charge is 0.348 e. The Balaban J connectivity index is 1.92. The molecule has 1 saturated heterocycles. The second-order valence-electron chi connectivity index (χ2n) is 5.04. The highest BCUT2D eigenvalue weighted by Crippen LogP contribution is 2.20. The molecule has 1 heterocycles. The van der Waals surface area contributed by atoms with Gasteiger partial charge in [0.05, 0.1) is 0 Å². The summed E-state index contributed by atoms with van der Waals surface area (Å²) in [6.45, 7) is 5.30. The SMILES string of the molecule is CC(CN1CCCC1)NC(=O)c1cc(Br)cc(Br)c1. The first kappa shape index (κ1) is 15.0. The zero-order chi connectivity index (χ0) is 13.8. The minimum Gasteiger partial charge on any atom is -0.348 e. The molecule has 5 heteroatoms. The summed E-state index contributed by atoms with van der Waals surface area (Å²) in [5.41, 5.74) is 0.675. The molecular formula is C14H18Br2N2O. The number of carbonyl (C=O) groups is 1. The number of nitrogens with zero attached hydrogens (tertiary/aromatic N) is 1. The first-order chi connectivity index (χ1) is 9.04. The predicted molar refractivity (Wildman–Crippen MR) is 84.4 cm³/mol. The lowest BCUT2D eigenvalue weighted by Crippen LogP contribution is -2.41. The van der Waals surface area contributed by atoms with Crippen LogP contribution in [-0.2, 0) is 0 Å². The van der Waals surface area contributed by atoms with E-state index in [1.165, 1.54) is 12.8 Å². The van der Waals surface area contributed by atoms with Crippen molar-refractivity contribution in [3.63, 3.8) is 0 Å². The van der Waals surface area contributed by atoms with E-state index >= 15 is 0 Å². The van der Waals surface area contributed by atoms with Gasteiger partial charge in [-0.05, 0) is 51.1 Å². The predicted octanol–water partition coefficient (Wildman–Crippen LogP) is 3.43. The molecule has 104 valence electrons. The van der Waals surface area contributed by atoms with Gasteiger partial charge in [0.2, 0.25) is 0 Å². The molecule has 1 atom stereocenters. The fraction of sp³-hybridized carbons (Fsp3) is 0.500. The van der Waals surface area contributed by atoms with Crippen molar-refractivity contribution in [2.75, 3.05) is 19.6 Å². The molecule has 0 aliphatic carbocycles. The van der Waals surface area contributed by atoms with Gasteiger partial charge in [-0.3, -0.25) is 4.79 Å². The van der Waals surface area contributed by atoms with E-state index in [-0.39, 0.29) is 11.9 Å². The highest BCUT2D eigenvalue weighted by Gasteiger charge is 2.16. The van der Waals surface area contributed by atoms with Gasteiger partial charge in [-0.25, -0.2) is 0 Å². The topological polar surface area (TPSA) is 32.3 Å². The minimum absolute atomic E-state index is 0.0197. The van der Waals surface area contributed by atoms with Crippen molar-refractivity contribution in [1.82, 2.24) is 10.2 Å². The Kier molecular flexibility index (Phi) is 5.42. The Hall–Kier alpha value is -0.390. The van der Waals surface area contributed by atoms with Crippen LogP contribution in [0.3, 0.4) is 0 Å². The lowest BCUT2D eigenvalue weighted by molar-refractivity contribution is 0.0932. The highest BCUT2D eigenvalue weighted by atomic mass is 79.9. The molecule has 1 aromatic carbocycles. The third kappa shape index (κ3) is 4.58. The van der Waals surface area contributed by atoms with Gasteiger partial charge >= 0.3 is 0 Å². The average molecular weight is 390 g/mol. The van der Waals surface area contributed by atoms with Crippen LogP contribution < -0.4 is 5.32 Å². The molecule has 1 fully saturated rings. The first-order valence-electron chi connectivity index (χ1n) is 6.54. The molecule has 0 saturated carbocycles. The Morgan fingerprint density at radius 1 is 1.26 bits per heavy atom. The van der Waals surface area contributed by atoms with E-state index < -0.39 is 0 Å². The number of likely N-dealkylation sites (tertiary alicyclic amines) is 1. The van der Waals surface area contributed by atoms with Crippen LogP contribution >= 0.6 is 31.9 Å². The number of halogens is 2. The van der Waals surface area contributed by atoms with Crippen molar-refractivity contribution >= 4 is 37.8 Å². The Labute approximate surface area is 131 Å². The summed E-state index contributed by atoms with van der Waals surface area (Å²) in [6, 6.07) is 5.76. The van der Waals surface area contributed by atoms with E-state index in [4.69, 9.17) is 0 Å². The van der Waals surface area contributed by atoms with Gasteiger partial charge in [-0.15, -0.1) is 0 Å². The molecule has 0 radical (unpaired) electrons. The molecule has 1 N–H and O–H groups in total. The molecule has 1 amide bonds. The number of nitrogens with one attached hydrogen (secondary N) is 1. The van der Waals surface area contributed by atoms with Gasteiger partial charge in [0.1, 0.15) is 0 Å². The van der Waals surface area contributed by atoms with E-state index in [1.807, 2.05) is 18.2 Å². The molecular weight excluding hydrogens is 372 g/mol. The smallest absolute Gasteiger partial charge is 0.251 e. The summed E-state index contributed by atoms with van der Waals surface area (Å²) < 4.78 is 1.80. The van der Waals surface area contributed by atoms with Crippen molar-refractivity contribution in [3.05, 3.63) is 32.7 Å². The van der Waals surface area contributed by atoms with Crippen molar-refractivity contribution in [2.45, 2.75) is 25.8 Å². The van der Waals surface area contributed by atoms with E-state index in [9.17, 15) is 4.79 Å². The Morgan fingerprint density at radius 3 is 2.42 bits per heavy atom. The number of hydrogen-bond acceptors (Lipinski definition) is 2. The van der Waals surface area contributed by atoms with Crippen LogP contribution in [0.4, 0.5) is 0 Å². The van der Waals surface area contributed by atoms with E-state index in [1.54, 1.807) is 0 Å². The molecule has 1 unspecified atom stereocenters. The zero-order valence-electron chi connectivity index (χ0n) is 11.0. The van der Waals surface area contributed by atoms with Gasteiger partial charge in [0.15, 0.2) is 0 Å². The van der Waals surface area contributed by atoms with Gasteiger partial charge < -0.3 is 10.2 Å². The fourth-order valence-corrected chi connectivity index (χ4v) is 3.68. The van der Waals surface area contributed by atoms with Gasteiger partial charge in [-0.1, -0.05) is 31.9 Å². The highest BCUT2D eigenvalue weighted by molar-refractivity contribution is 9.11. The van der Waals surface area contributed by atoms with Crippen LogP contribution in [-0.4, -0.2) is 36.5 Å². The maximum atomic E-state index is 12.2. The Morgan fingerprint density at radius 2 is 1.84 bits per heavy atom. The maximum Gasteiger partial charge on any atom is 0.251 e. The maximum absolute atomic E-state index is 12.2. The minimum atomic E-state index is -0.0197. The lowest BCUT2D eigenvalue weighted by Gasteiger charge is -2.21. The van der Waals surface area contributed by atoms with Crippen molar-refractivity contribution in [1.29, 1.82) is 0 Å². The third-order valence-electron chi connectivity index (χ3n) is 3.23. The molecule has 19 heavy (non-hydrogen) atoms. The standard InChI is InChI=1S/C14H18Br2N2O/c1-10(9-18-4-2-3-5-18)17-14(19)11-6-12(15)8-13(16)7-11/h6-8,10H,2-5,9H2,1H3,(H,17,19). The van der Waals surface area contributed by atoms with E-state index in [0.717, 1.165) is 28.6 Å². The van der Waals surface area contributed by atoms with Crippen LogP contribution in [0.15, 0.2) is 27.1 Å². The monoisotopic (exact) mass is 388 g/mol. The van der Waals surface area contributed by atoms with E-state index in [2.05, 4.69) is 49.0 Å². The number of benzene rings is 1. The van der Waals surface area contributed by atoms with E-state index in [0.29, 0.717) is 5.56 Å². The number of amides is 1.